The van der Waals surface area contributed by atoms with E-state index in [9.17, 15) is 4.79 Å². The molecular weight excluding hydrogens is 306 g/mol. The monoisotopic (exact) mass is 327 g/mol. The van der Waals surface area contributed by atoms with E-state index in [1.165, 1.54) is 0 Å². The molecule has 1 aliphatic carbocycles. The lowest BCUT2D eigenvalue weighted by molar-refractivity contribution is -0.112. The van der Waals surface area contributed by atoms with Crippen molar-refractivity contribution in [1.82, 2.24) is 10.1 Å². The van der Waals surface area contributed by atoms with Crippen LogP contribution in [0.2, 0.25) is 0 Å². The zero-order valence-corrected chi connectivity index (χ0v) is 13.9. The largest absolute Gasteiger partial charge is 0.485 e. The Morgan fingerprint density at radius 1 is 1.38 bits per heavy atom. The first-order valence-corrected chi connectivity index (χ1v) is 8.19. The Morgan fingerprint density at radius 3 is 2.79 bits per heavy atom. The van der Waals surface area contributed by atoms with Gasteiger partial charge in [-0.1, -0.05) is 18.2 Å². The second kappa shape index (κ2) is 7.29. The number of carbonyl (C=O) groups is 1. The summed E-state index contributed by atoms with van der Waals surface area (Å²) < 4.78 is 10.8. The van der Waals surface area contributed by atoms with Crippen molar-refractivity contribution in [3.05, 3.63) is 47.6 Å². The molecule has 3 rings (SSSR count). The molecule has 0 radical (unpaired) electrons. The van der Waals surface area contributed by atoms with E-state index in [-0.39, 0.29) is 12.5 Å². The maximum atomic E-state index is 11.9. The summed E-state index contributed by atoms with van der Waals surface area (Å²) in [6.07, 6.45) is 4.99. The molecule has 6 nitrogen and oxygen atoms in total. The molecule has 1 N–H and O–H groups in total. The Balaban J connectivity index is 1.52. The van der Waals surface area contributed by atoms with Gasteiger partial charge in [0.05, 0.1) is 0 Å². The molecule has 0 aliphatic heterocycles. The summed E-state index contributed by atoms with van der Waals surface area (Å²) in [7, 11) is 0. The Kier molecular flexibility index (Phi) is 4.93. The lowest BCUT2D eigenvalue weighted by Crippen LogP contribution is -2.12. The number of benzene rings is 1. The second-order valence-corrected chi connectivity index (χ2v) is 5.89. The van der Waals surface area contributed by atoms with Crippen molar-refractivity contribution < 1.29 is 14.1 Å². The van der Waals surface area contributed by atoms with E-state index in [4.69, 9.17) is 9.26 Å². The fraction of sp³-hybridized carbons (Fsp3) is 0.389. The number of carbonyl (C=O) groups excluding carboxylic acids is 1. The Labute approximate surface area is 140 Å². The lowest BCUT2D eigenvalue weighted by Gasteiger charge is -2.07. The van der Waals surface area contributed by atoms with Crippen LogP contribution in [0.3, 0.4) is 0 Å². The molecule has 126 valence electrons. The molecule has 24 heavy (non-hydrogen) atoms. The van der Waals surface area contributed by atoms with Crippen LogP contribution in [0.25, 0.3) is 0 Å². The van der Waals surface area contributed by atoms with Crippen LogP contribution < -0.4 is 10.1 Å². The molecule has 6 heteroatoms. The van der Waals surface area contributed by atoms with Crippen LogP contribution in [0.5, 0.6) is 5.75 Å². The van der Waals surface area contributed by atoms with Gasteiger partial charge in [-0.15, -0.1) is 0 Å². The quantitative estimate of drug-likeness (QED) is 0.782. The Morgan fingerprint density at radius 2 is 2.12 bits per heavy atom. The van der Waals surface area contributed by atoms with E-state index < -0.39 is 0 Å². The minimum Gasteiger partial charge on any atom is -0.485 e. The highest BCUT2D eigenvalue weighted by atomic mass is 16.5. The zero-order valence-electron chi connectivity index (χ0n) is 13.9. The van der Waals surface area contributed by atoms with Crippen LogP contribution in [0.15, 0.2) is 40.4 Å². The molecule has 0 saturated heterocycles. The van der Waals surface area contributed by atoms with E-state index in [1.807, 2.05) is 13.0 Å². The number of nitrogens with zero attached hydrogens (tertiary/aromatic N) is 2. The number of allylic oxidation sites excluding steroid dienone is 1. The molecule has 1 amide bonds. The number of rotatable bonds is 7. The summed E-state index contributed by atoms with van der Waals surface area (Å²) in [4.78, 5) is 16.2. The smallest absolute Gasteiger partial charge is 0.250 e. The van der Waals surface area contributed by atoms with E-state index in [1.54, 1.807) is 31.2 Å². The predicted octanol–water partition coefficient (Wildman–Crippen LogP) is 3.82. The third-order valence-corrected chi connectivity index (χ3v) is 3.76. The highest BCUT2D eigenvalue weighted by Crippen LogP contribution is 2.38. The van der Waals surface area contributed by atoms with E-state index in [2.05, 4.69) is 15.5 Å². The van der Waals surface area contributed by atoms with Gasteiger partial charge < -0.3 is 14.6 Å². The molecule has 1 saturated carbocycles. The summed E-state index contributed by atoms with van der Waals surface area (Å²) in [5, 5.41) is 6.76. The highest BCUT2D eigenvalue weighted by Gasteiger charge is 2.29. The van der Waals surface area contributed by atoms with Crippen molar-refractivity contribution in [2.45, 2.75) is 45.6 Å². The molecule has 1 aromatic heterocycles. The molecule has 1 fully saturated rings. The summed E-state index contributed by atoms with van der Waals surface area (Å²) in [6, 6.07) is 7.21. The molecule has 0 bridgehead atoms. The van der Waals surface area contributed by atoms with Gasteiger partial charge in [0.25, 0.3) is 5.91 Å². The van der Waals surface area contributed by atoms with Crippen LogP contribution in [0.1, 0.15) is 50.7 Å². The van der Waals surface area contributed by atoms with Crippen LogP contribution in [0, 0.1) is 0 Å². The van der Waals surface area contributed by atoms with Crippen molar-refractivity contribution in [2.75, 3.05) is 5.32 Å². The van der Waals surface area contributed by atoms with Gasteiger partial charge in [0.2, 0.25) is 11.7 Å². The van der Waals surface area contributed by atoms with Crippen molar-refractivity contribution in [2.24, 2.45) is 0 Å². The number of nitrogens with one attached hydrogen (secondary N) is 1. The average molecular weight is 327 g/mol. The normalized spacial score (nSPS) is 14.5. The summed E-state index contributed by atoms with van der Waals surface area (Å²) in [5.41, 5.74) is 1.44. The molecule has 1 heterocycles. The molecule has 1 aromatic carbocycles. The first-order valence-electron chi connectivity index (χ1n) is 8.19. The maximum absolute atomic E-state index is 11.9. The molecule has 1 aliphatic rings. The van der Waals surface area contributed by atoms with Crippen molar-refractivity contribution in [3.8, 4) is 5.75 Å². The summed E-state index contributed by atoms with van der Waals surface area (Å²) in [6.45, 7) is 4.07. The fourth-order valence-electron chi connectivity index (χ4n) is 2.23. The van der Waals surface area contributed by atoms with Crippen LogP contribution >= 0.6 is 0 Å². The van der Waals surface area contributed by atoms with Gasteiger partial charge in [-0.2, -0.15) is 4.98 Å². The highest BCUT2D eigenvalue weighted by molar-refractivity contribution is 6.03. The fourth-order valence-corrected chi connectivity index (χ4v) is 2.23. The SMILES string of the molecule is CCC=C(C)C(=O)Nc1ccc(OCc2noc(C3CC3)n2)cc1. The maximum Gasteiger partial charge on any atom is 0.250 e. The molecule has 2 aromatic rings. The van der Waals surface area contributed by atoms with Crippen LogP contribution in [-0.4, -0.2) is 16.0 Å². The van der Waals surface area contributed by atoms with Gasteiger partial charge in [0, 0.05) is 17.2 Å². The van der Waals surface area contributed by atoms with Crippen LogP contribution in [-0.2, 0) is 11.4 Å². The van der Waals surface area contributed by atoms with Gasteiger partial charge in [-0.25, -0.2) is 0 Å². The van der Waals surface area contributed by atoms with Gasteiger partial charge in [0.15, 0.2) is 6.61 Å². The van der Waals surface area contributed by atoms with Crippen molar-refractivity contribution in [3.63, 3.8) is 0 Å². The Bertz CT molecular complexity index is 730. The minimum absolute atomic E-state index is 0.0927. The number of hydrogen-bond donors (Lipinski definition) is 1. The first kappa shape index (κ1) is 16.2. The predicted molar refractivity (Wildman–Crippen MR) is 89.7 cm³/mol. The van der Waals surface area contributed by atoms with E-state index >= 15 is 0 Å². The minimum atomic E-state index is -0.0927. The standard InChI is InChI=1S/C18H21N3O3/c1-3-4-12(2)17(22)19-14-7-9-15(10-8-14)23-11-16-20-18(24-21-16)13-5-6-13/h4,7-10,13H,3,5-6,11H2,1-2H3,(H,19,22). The number of hydrogen-bond acceptors (Lipinski definition) is 5. The van der Waals surface area contributed by atoms with Crippen LogP contribution in [0.4, 0.5) is 5.69 Å². The van der Waals surface area contributed by atoms with Gasteiger partial charge in [0.1, 0.15) is 5.75 Å². The second-order valence-electron chi connectivity index (χ2n) is 5.89. The zero-order chi connectivity index (χ0) is 16.9. The first-order chi connectivity index (χ1) is 11.7. The number of amides is 1. The van der Waals surface area contributed by atoms with Crippen molar-refractivity contribution >= 4 is 11.6 Å². The average Bonchev–Trinajstić information content (AvgIpc) is 3.33. The summed E-state index contributed by atoms with van der Waals surface area (Å²) >= 11 is 0. The number of ether oxygens (including phenoxy) is 1. The molecule has 0 spiro atoms. The van der Waals surface area contributed by atoms with Crippen molar-refractivity contribution in [1.29, 1.82) is 0 Å². The van der Waals surface area contributed by atoms with Gasteiger partial charge >= 0.3 is 0 Å². The van der Waals surface area contributed by atoms with E-state index in [0.717, 1.165) is 24.9 Å². The lowest BCUT2D eigenvalue weighted by atomic mass is 10.2. The van der Waals surface area contributed by atoms with Gasteiger partial charge in [-0.3, -0.25) is 4.79 Å². The third kappa shape index (κ3) is 4.22. The Hall–Kier alpha value is -2.63. The molecular formula is C18H21N3O3. The summed E-state index contributed by atoms with van der Waals surface area (Å²) in [5.74, 6) is 2.30. The third-order valence-electron chi connectivity index (χ3n) is 3.76. The number of anilines is 1. The number of aromatic nitrogens is 2. The van der Waals surface area contributed by atoms with Gasteiger partial charge in [-0.05, 0) is 50.5 Å². The molecule has 0 atom stereocenters. The molecule has 0 unspecified atom stereocenters. The van der Waals surface area contributed by atoms with E-state index in [0.29, 0.717) is 29.0 Å². The topological polar surface area (TPSA) is 77.2 Å².